The first-order valence-corrected chi connectivity index (χ1v) is 6.88. The van der Waals surface area contributed by atoms with Gasteiger partial charge >= 0.3 is 5.63 Å². The van der Waals surface area contributed by atoms with Crippen LogP contribution in [0.2, 0.25) is 0 Å². The third-order valence-electron chi connectivity index (χ3n) is 3.69. The van der Waals surface area contributed by atoms with Crippen LogP contribution < -0.4 is 5.63 Å². The first kappa shape index (κ1) is 12.6. The van der Waals surface area contributed by atoms with Crippen molar-refractivity contribution >= 4 is 27.8 Å². The number of benzene rings is 2. The minimum atomic E-state index is -0.624. The monoisotopic (exact) mass is 289 g/mol. The van der Waals surface area contributed by atoms with Gasteiger partial charge in [0.2, 0.25) is 0 Å². The number of carbonyl (C=O) groups excluding carboxylic acids is 1. The van der Waals surface area contributed by atoms with Gasteiger partial charge in [0.15, 0.2) is 0 Å². The lowest BCUT2D eigenvalue weighted by molar-refractivity contribution is 0.0961. The molecule has 2 aromatic heterocycles. The molecule has 0 bridgehead atoms. The summed E-state index contributed by atoms with van der Waals surface area (Å²) in [7, 11) is 0. The molecule has 22 heavy (non-hydrogen) atoms. The number of fused-ring (bicyclic) bond motifs is 2. The van der Waals surface area contributed by atoms with Crippen molar-refractivity contribution < 1.29 is 9.21 Å². The molecule has 4 nitrogen and oxygen atoms in total. The van der Waals surface area contributed by atoms with Crippen molar-refractivity contribution in [3.05, 3.63) is 82.8 Å². The molecule has 4 heteroatoms. The number of nitrogens with zero attached hydrogens (tertiary/aromatic N) is 1. The van der Waals surface area contributed by atoms with E-state index in [1.54, 1.807) is 24.4 Å². The van der Waals surface area contributed by atoms with Gasteiger partial charge < -0.3 is 4.42 Å². The van der Waals surface area contributed by atoms with Crippen LogP contribution in [-0.2, 0) is 0 Å². The molecule has 0 spiro atoms. The SMILES string of the molecule is O=C(c1cc2ccccc2oc1=O)n1ccc2ccccc21. The summed E-state index contributed by atoms with van der Waals surface area (Å²) in [4.78, 5) is 24.8. The van der Waals surface area contributed by atoms with E-state index < -0.39 is 5.63 Å². The molecule has 2 aromatic carbocycles. The molecule has 0 aliphatic heterocycles. The topological polar surface area (TPSA) is 52.2 Å². The van der Waals surface area contributed by atoms with Crippen LogP contribution in [0.1, 0.15) is 10.4 Å². The Labute approximate surface area is 125 Å². The van der Waals surface area contributed by atoms with E-state index in [9.17, 15) is 9.59 Å². The predicted octanol–water partition coefficient (Wildman–Crippen LogP) is 3.44. The molecule has 0 aliphatic rings. The molecule has 2 heterocycles. The van der Waals surface area contributed by atoms with Gasteiger partial charge in [0.1, 0.15) is 11.1 Å². The number of para-hydroxylation sites is 2. The van der Waals surface area contributed by atoms with Crippen molar-refractivity contribution in [1.29, 1.82) is 0 Å². The summed E-state index contributed by atoms with van der Waals surface area (Å²) in [6.45, 7) is 0. The van der Waals surface area contributed by atoms with E-state index in [0.29, 0.717) is 5.58 Å². The molecule has 106 valence electrons. The number of hydrogen-bond donors (Lipinski definition) is 0. The van der Waals surface area contributed by atoms with Crippen LogP contribution in [0.25, 0.3) is 21.9 Å². The van der Waals surface area contributed by atoms with Gasteiger partial charge in [-0.2, -0.15) is 0 Å². The van der Waals surface area contributed by atoms with Crippen LogP contribution in [0.4, 0.5) is 0 Å². The van der Waals surface area contributed by atoms with Crippen LogP contribution in [-0.4, -0.2) is 10.5 Å². The fraction of sp³-hybridized carbons (Fsp3) is 0. The average Bonchev–Trinajstić information content (AvgIpc) is 2.97. The molecule has 0 unspecified atom stereocenters. The normalized spacial score (nSPS) is 11.1. The Morgan fingerprint density at radius 2 is 1.64 bits per heavy atom. The van der Waals surface area contributed by atoms with Gasteiger partial charge in [-0.3, -0.25) is 9.36 Å². The van der Waals surface area contributed by atoms with Gasteiger partial charge in [-0.1, -0.05) is 36.4 Å². The minimum Gasteiger partial charge on any atom is -0.422 e. The second-order valence-corrected chi connectivity index (χ2v) is 5.04. The number of rotatable bonds is 1. The molecular weight excluding hydrogens is 278 g/mol. The van der Waals surface area contributed by atoms with Crippen LogP contribution in [0.15, 0.2) is 76.1 Å². The smallest absolute Gasteiger partial charge is 0.349 e. The van der Waals surface area contributed by atoms with Crippen LogP contribution in [0.3, 0.4) is 0 Å². The molecule has 0 amide bonds. The van der Waals surface area contributed by atoms with Gasteiger partial charge in [-0.05, 0) is 24.3 Å². The summed E-state index contributed by atoms with van der Waals surface area (Å²) < 4.78 is 6.70. The summed E-state index contributed by atoms with van der Waals surface area (Å²) in [5, 5.41) is 1.67. The lowest BCUT2D eigenvalue weighted by Gasteiger charge is -2.04. The Bertz CT molecular complexity index is 1070. The lowest BCUT2D eigenvalue weighted by Crippen LogP contribution is -2.19. The van der Waals surface area contributed by atoms with Crippen molar-refractivity contribution in [2.75, 3.05) is 0 Å². The van der Waals surface area contributed by atoms with E-state index in [1.807, 2.05) is 42.5 Å². The Balaban J connectivity index is 1.93. The van der Waals surface area contributed by atoms with Crippen LogP contribution in [0, 0.1) is 0 Å². The summed E-state index contributed by atoms with van der Waals surface area (Å²) in [5.41, 5.74) is 0.642. The van der Waals surface area contributed by atoms with Gasteiger partial charge in [0, 0.05) is 17.0 Å². The Hall–Kier alpha value is -3.14. The van der Waals surface area contributed by atoms with Crippen molar-refractivity contribution in [2.45, 2.75) is 0 Å². The first-order chi connectivity index (χ1) is 10.7. The summed E-state index contributed by atoms with van der Waals surface area (Å²) in [5.74, 6) is -0.388. The van der Waals surface area contributed by atoms with Crippen LogP contribution >= 0.6 is 0 Å². The molecule has 0 atom stereocenters. The first-order valence-electron chi connectivity index (χ1n) is 6.88. The minimum absolute atomic E-state index is 0.0278. The largest absolute Gasteiger partial charge is 0.422 e. The summed E-state index contributed by atoms with van der Waals surface area (Å²) >= 11 is 0. The summed E-state index contributed by atoms with van der Waals surface area (Å²) in [6, 6.07) is 18.1. The molecule has 0 fully saturated rings. The fourth-order valence-corrected chi connectivity index (χ4v) is 2.60. The highest BCUT2D eigenvalue weighted by Crippen LogP contribution is 2.18. The zero-order valence-corrected chi connectivity index (χ0v) is 11.5. The highest BCUT2D eigenvalue weighted by atomic mass is 16.4. The molecular formula is C18H11NO3. The highest BCUT2D eigenvalue weighted by molar-refractivity contribution is 6.03. The maximum absolute atomic E-state index is 12.7. The van der Waals surface area contributed by atoms with E-state index >= 15 is 0 Å². The van der Waals surface area contributed by atoms with Gasteiger partial charge in [0.25, 0.3) is 5.91 Å². The Morgan fingerprint density at radius 1 is 0.909 bits per heavy atom. The van der Waals surface area contributed by atoms with Crippen molar-refractivity contribution in [3.63, 3.8) is 0 Å². The van der Waals surface area contributed by atoms with E-state index in [-0.39, 0.29) is 11.5 Å². The molecule has 0 aliphatic carbocycles. The van der Waals surface area contributed by atoms with Crippen molar-refractivity contribution in [1.82, 2.24) is 4.57 Å². The third kappa shape index (κ3) is 1.85. The molecule has 0 saturated carbocycles. The molecule has 0 N–H and O–H groups in total. The van der Waals surface area contributed by atoms with E-state index in [4.69, 9.17) is 4.42 Å². The average molecular weight is 289 g/mol. The molecule has 0 radical (unpaired) electrons. The zero-order valence-electron chi connectivity index (χ0n) is 11.5. The second kappa shape index (κ2) is 4.70. The van der Waals surface area contributed by atoms with E-state index in [0.717, 1.165) is 16.3 Å². The van der Waals surface area contributed by atoms with Crippen molar-refractivity contribution in [3.8, 4) is 0 Å². The zero-order chi connectivity index (χ0) is 15.1. The van der Waals surface area contributed by atoms with Gasteiger partial charge in [-0.25, -0.2) is 4.79 Å². The maximum atomic E-state index is 12.7. The number of aromatic nitrogens is 1. The summed E-state index contributed by atoms with van der Waals surface area (Å²) in [6.07, 6.45) is 1.67. The Kier molecular flexibility index (Phi) is 2.69. The quantitative estimate of drug-likeness (QED) is 0.504. The molecule has 4 rings (SSSR count). The third-order valence-corrected chi connectivity index (χ3v) is 3.69. The standard InChI is InChI=1S/C18H11NO3/c20-17(19-10-9-12-5-1-3-7-15(12)19)14-11-13-6-2-4-8-16(13)22-18(14)21/h1-11H. The number of hydrogen-bond acceptors (Lipinski definition) is 3. The number of carbonyl (C=O) groups is 1. The van der Waals surface area contributed by atoms with E-state index in [1.165, 1.54) is 4.57 Å². The Morgan fingerprint density at radius 3 is 2.50 bits per heavy atom. The predicted molar refractivity (Wildman–Crippen MR) is 84.2 cm³/mol. The fourth-order valence-electron chi connectivity index (χ4n) is 2.60. The van der Waals surface area contributed by atoms with Gasteiger partial charge in [-0.15, -0.1) is 0 Å². The molecule has 4 aromatic rings. The van der Waals surface area contributed by atoms with Crippen molar-refractivity contribution in [2.24, 2.45) is 0 Å². The van der Waals surface area contributed by atoms with Gasteiger partial charge in [0.05, 0.1) is 5.52 Å². The second-order valence-electron chi connectivity index (χ2n) is 5.04. The molecule has 0 saturated heterocycles. The lowest BCUT2D eigenvalue weighted by atomic mass is 10.2. The van der Waals surface area contributed by atoms with Crippen LogP contribution in [0.5, 0.6) is 0 Å². The van der Waals surface area contributed by atoms with E-state index in [2.05, 4.69) is 0 Å². The maximum Gasteiger partial charge on any atom is 0.349 e. The highest BCUT2D eigenvalue weighted by Gasteiger charge is 2.17.